The Morgan fingerprint density at radius 2 is 2.10 bits per heavy atom. The van der Waals surface area contributed by atoms with Crippen LogP contribution in [-0.4, -0.2) is 36.0 Å². The fourth-order valence-electron chi connectivity index (χ4n) is 1.84. The van der Waals surface area contributed by atoms with E-state index in [-0.39, 0.29) is 12.2 Å². The topological polar surface area (TPSA) is 120 Å². The molecular formula is C12H10N6O2. The molecule has 1 aromatic carbocycles. The second-order valence-electron chi connectivity index (χ2n) is 4.15. The Balaban J connectivity index is 1.96. The molecule has 0 unspecified atom stereocenters. The molecule has 0 aliphatic rings. The lowest BCUT2D eigenvalue weighted by atomic mass is 10.2. The van der Waals surface area contributed by atoms with Crippen LogP contribution in [0.25, 0.3) is 10.9 Å². The molecule has 0 aliphatic heterocycles. The molecule has 8 nitrogen and oxygen atoms in total. The van der Waals surface area contributed by atoms with Crippen molar-refractivity contribution in [1.82, 2.24) is 25.0 Å². The predicted octanol–water partition coefficient (Wildman–Crippen LogP) is 0.550. The number of rotatable bonds is 3. The number of nitrogens with two attached hydrogens (primary N) is 1. The first-order valence-corrected chi connectivity index (χ1v) is 5.78. The molecule has 0 bridgehead atoms. The van der Waals surface area contributed by atoms with E-state index in [0.29, 0.717) is 11.6 Å². The van der Waals surface area contributed by atoms with E-state index < -0.39 is 5.97 Å². The molecule has 0 amide bonds. The van der Waals surface area contributed by atoms with Gasteiger partial charge in [0.15, 0.2) is 11.5 Å². The SMILES string of the molecule is Nc1nc(Cn2cc(C(=O)O)nn2)nc2ccccc12. The minimum atomic E-state index is -1.13. The molecule has 3 rings (SSSR count). The third-order valence-corrected chi connectivity index (χ3v) is 2.74. The number of aromatic carboxylic acids is 1. The Labute approximate surface area is 112 Å². The summed E-state index contributed by atoms with van der Waals surface area (Å²) in [6, 6.07) is 7.39. The van der Waals surface area contributed by atoms with Gasteiger partial charge in [0.05, 0.1) is 11.7 Å². The van der Waals surface area contributed by atoms with Gasteiger partial charge in [0.1, 0.15) is 12.4 Å². The number of hydrogen-bond acceptors (Lipinski definition) is 6. The summed E-state index contributed by atoms with van der Waals surface area (Å²) in [5.74, 6) is -0.303. The van der Waals surface area contributed by atoms with Crippen molar-refractivity contribution in [3.8, 4) is 0 Å². The lowest BCUT2D eigenvalue weighted by molar-refractivity contribution is 0.0690. The van der Waals surface area contributed by atoms with Crippen LogP contribution in [0, 0.1) is 0 Å². The highest BCUT2D eigenvalue weighted by Crippen LogP contribution is 2.17. The summed E-state index contributed by atoms with van der Waals surface area (Å²) >= 11 is 0. The highest BCUT2D eigenvalue weighted by Gasteiger charge is 2.10. The number of aromatic nitrogens is 5. The van der Waals surface area contributed by atoms with Crippen molar-refractivity contribution >= 4 is 22.7 Å². The molecule has 0 saturated heterocycles. The van der Waals surface area contributed by atoms with Gasteiger partial charge in [0.2, 0.25) is 0 Å². The zero-order chi connectivity index (χ0) is 14.1. The highest BCUT2D eigenvalue weighted by atomic mass is 16.4. The number of para-hydroxylation sites is 1. The van der Waals surface area contributed by atoms with Crippen LogP contribution in [0.4, 0.5) is 5.82 Å². The molecular weight excluding hydrogens is 260 g/mol. The zero-order valence-electron chi connectivity index (χ0n) is 10.3. The van der Waals surface area contributed by atoms with Crippen LogP contribution in [0.2, 0.25) is 0 Å². The van der Waals surface area contributed by atoms with Crippen LogP contribution in [-0.2, 0) is 6.54 Å². The van der Waals surface area contributed by atoms with Crippen LogP contribution in [0.1, 0.15) is 16.3 Å². The summed E-state index contributed by atoms with van der Waals surface area (Å²) in [7, 11) is 0. The predicted molar refractivity (Wildman–Crippen MR) is 70.0 cm³/mol. The van der Waals surface area contributed by atoms with Gasteiger partial charge in [-0.1, -0.05) is 17.3 Å². The number of carboxylic acids is 1. The number of anilines is 1. The van der Waals surface area contributed by atoms with Gasteiger partial charge < -0.3 is 10.8 Å². The minimum Gasteiger partial charge on any atom is -0.476 e. The van der Waals surface area contributed by atoms with Gasteiger partial charge in [-0.15, -0.1) is 5.10 Å². The van der Waals surface area contributed by atoms with Gasteiger partial charge in [-0.3, -0.25) is 0 Å². The molecule has 0 atom stereocenters. The molecule has 0 radical (unpaired) electrons. The fraction of sp³-hybridized carbons (Fsp3) is 0.0833. The highest BCUT2D eigenvalue weighted by molar-refractivity contribution is 5.87. The first-order chi connectivity index (χ1) is 9.63. The minimum absolute atomic E-state index is 0.126. The van der Waals surface area contributed by atoms with E-state index in [2.05, 4.69) is 20.3 Å². The van der Waals surface area contributed by atoms with Crippen LogP contribution >= 0.6 is 0 Å². The largest absolute Gasteiger partial charge is 0.476 e. The van der Waals surface area contributed by atoms with E-state index in [1.807, 2.05) is 24.3 Å². The fourth-order valence-corrected chi connectivity index (χ4v) is 1.84. The summed E-state index contributed by atoms with van der Waals surface area (Å²) in [6.07, 6.45) is 1.32. The second kappa shape index (κ2) is 4.57. The van der Waals surface area contributed by atoms with E-state index in [4.69, 9.17) is 10.8 Å². The Morgan fingerprint density at radius 1 is 1.30 bits per heavy atom. The number of benzene rings is 1. The number of hydrogen-bond donors (Lipinski definition) is 2. The Bertz CT molecular complexity index is 797. The molecule has 0 spiro atoms. The molecule has 0 saturated carbocycles. The normalized spacial score (nSPS) is 10.8. The van der Waals surface area contributed by atoms with Gasteiger partial charge in [0, 0.05) is 5.39 Å². The zero-order valence-corrected chi connectivity index (χ0v) is 10.3. The average Bonchev–Trinajstić information content (AvgIpc) is 2.87. The Morgan fingerprint density at radius 3 is 2.85 bits per heavy atom. The Kier molecular flexibility index (Phi) is 2.75. The van der Waals surface area contributed by atoms with Gasteiger partial charge in [0.25, 0.3) is 0 Å². The maximum atomic E-state index is 10.7. The standard InChI is InChI=1S/C12H10N6O2/c13-11-7-3-1-2-4-8(7)14-10(15-11)6-18-5-9(12(19)20)16-17-18/h1-5H,6H2,(H,19,20)(H2,13,14,15). The van der Waals surface area contributed by atoms with Crippen molar-refractivity contribution in [3.05, 3.63) is 42.0 Å². The van der Waals surface area contributed by atoms with Crippen LogP contribution in [0.5, 0.6) is 0 Å². The molecule has 8 heteroatoms. The van der Waals surface area contributed by atoms with Crippen LogP contribution in [0.15, 0.2) is 30.5 Å². The number of nitrogen functional groups attached to an aromatic ring is 1. The van der Waals surface area contributed by atoms with Crippen molar-refractivity contribution in [3.63, 3.8) is 0 Å². The third kappa shape index (κ3) is 2.14. The molecule has 20 heavy (non-hydrogen) atoms. The summed E-state index contributed by atoms with van der Waals surface area (Å²) in [4.78, 5) is 19.3. The monoisotopic (exact) mass is 270 g/mol. The molecule has 3 N–H and O–H groups in total. The van der Waals surface area contributed by atoms with Gasteiger partial charge in [-0.2, -0.15) is 0 Å². The van der Waals surface area contributed by atoms with Gasteiger partial charge >= 0.3 is 5.97 Å². The van der Waals surface area contributed by atoms with E-state index in [1.54, 1.807) is 0 Å². The summed E-state index contributed by atoms with van der Waals surface area (Å²) in [5.41, 5.74) is 6.48. The molecule has 0 aliphatic carbocycles. The lowest BCUT2D eigenvalue weighted by Gasteiger charge is -2.04. The van der Waals surface area contributed by atoms with Crippen LogP contribution < -0.4 is 5.73 Å². The summed E-state index contributed by atoms with van der Waals surface area (Å²) in [6.45, 7) is 0.204. The Hall–Kier alpha value is -3.03. The maximum Gasteiger partial charge on any atom is 0.358 e. The molecule has 3 aromatic rings. The first kappa shape index (κ1) is 12.0. The molecule has 2 aromatic heterocycles. The summed E-state index contributed by atoms with van der Waals surface area (Å²) in [5, 5.41) is 16.8. The smallest absolute Gasteiger partial charge is 0.358 e. The van der Waals surface area contributed by atoms with Crippen molar-refractivity contribution < 1.29 is 9.90 Å². The number of carboxylic acid groups (broad SMARTS) is 1. The second-order valence-corrected chi connectivity index (χ2v) is 4.15. The van der Waals surface area contributed by atoms with Gasteiger partial charge in [-0.05, 0) is 12.1 Å². The molecule has 0 fully saturated rings. The molecule has 100 valence electrons. The number of fused-ring (bicyclic) bond motifs is 1. The van der Waals surface area contributed by atoms with Crippen molar-refractivity contribution in [2.24, 2.45) is 0 Å². The van der Waals surface area contributed by atoms with E-state index in [1.165, 1.54) is 10.9 Å². The lowest BCUT2D eigenvalue weighted by Crippen LogP contribution is -2.07. The number of carbonyl (C=O) groups is 1. The quantitative estimate of drug-likeness (QED) is 0.713. The third-order valence-electron chi connectivity index (χ3n) is 2.74. The summed E-state index contributed by atoms with van der Waals surface area (Å²) < 4.78 is 1.35. The number of nitrogens with zero attached hydrogens (tertiary/aromatic N) is 5. The first-order valence-electron chi connectivity index (χ1n) is 5.78. The maximum absolute atomic E-state index is 10.7. The van der Waals surface area contributed by atoms with E-state index in [0.717, 1.165) is 10.9 Å². The average molecular weight is 270 g/mol. The van der Waals surface area contributed by atoms with E-state index >= 15 is 0 Å². The van der Waals surface area contributed by atoms with Crippen molar-refractivity contribution in [2.75, 3.05) is 5.73 Å². The van der Waals surface area contributed by atoms with Crippen LogP contribution in [0.3, 0.4) is 0 Å². The molecule has 2 heterocycles. The van der Waals surface area contributed by atoms with Crippen molar-refractivity contribution in [1.29, 1.82) is 0 Å². The van der Waals surface area contributed by atoms with Crippen molar-refractivity contribution in [2.45, 2.75) is 6.54 Å². The van der Waals surface area contributed by atoms with E-state index in [9.17, 15) is 4.79 Å². The van der Waals surface area contributed by atoms with Gasteiger partial charge in [-0.25, -0.2) is 19.4 Å².